The molecule has 1 amide bonds. The number of pyridine rings is 1. The Kier molecular flexibility index (Phi) is 4.14. The third-order valence-corrected chi connectivity index (χ3v) is 3.81. The molecule has 0 saturated carbocycles. The van der Waals surface area contributed by atoms with Crippen LogP contribution in [0.1, 0.15) is 10.4 Å². The molecule has 4 N–H and O–H groups in total. The molecule has 24 heavy (non-hydrogen) atoms. The van der Waals surface area contributed by atoms with E-state index in [-0.39, 0.29) is 11.5 Å². The number of nitrogens with two attached hydrogens (primary N) is 2. The Labute approximate surface area is 141 Å². The van der Waals surface area contributed by atoms with Crippen molar-refractivity contribution in [2.75, 3.05) is 0 Å². The summed E-state index contributed by atoms with van der Waals surface area (Å²) >= 11 is 6.29. The third kappa shape index (κ3) is 2.91. The van der Waals surface area contributed by atoms with Gasteiger partial charge in [-0.2, -0.15) is 4.99 Å². The second-order valence-corrected chi connectivity index (χ2v) is 5.46. The normalized spacial score (nSPS) is 10.6. The maximum absolute atomic E-state index is 14.2. The molecular weight excluding hydrogens is 331 g/mol. The summed E-state index contributed by atoms with van der Waals surface area (Å²) in [6, 6.07) is 9.90. The average Bonchev–Trinajstić information content (AvgIpc) is 2.54. The van der Waals surface area contributed by atoms with Gasteiger partial charge in [-0.1, -0.05) is 23.7 Å². The molecule has 0 aliphatic rings. The van der Waals surface area contributed by atoms with Crippen LogP contribution >= 0.6 is 11.6 Å². The second-order valence-electron chi connectivity index (χ2n) is 5.06. The summed E-state index contributed by atoms with van der Waals surface area (Å²) in [4.78, 5) is 19.3. The molecule has 1 aromatic heterocycles. The summed E-state index contributed by atoms with van der Waals surface area (Å²) in [7, 11) is 0. The number of fused-ring (bicyclic) bond motifs is 1. The van der Waals surface area contributed by atoms with E-state index in [2.05, 4.69) is 9.98 Å². The van der Waals surface area contributed by atoms with E-state index in [9.17, 15) is 9.18 Å². The Hall–Kier alpha value is -2.99. The highest BCUT2D eigenvalue weighted by atomic mass is 35.5. The van der Waals surface area contributed by atoms with Crippen LogP contribution in [0.5, 0.6) is 0 Å². The van der Waals surface area contributed by atoms with Gasteiger partial charge >= 0.3 is 0 Å². The van der Waals surface area contributed by atoms with E-state index < -0.39 is 11.7 Å². The molecule has 120 valence electrons. The average molecular weight is 343 g/mol. The van der Waals surface area contributed by atoms with E-state index in [1.54, 1.807) is 30.3 Å². The van der Waals surface area contributed by atoms with Crippen LogP contribution in [0.25, 0.3) is 21.9 Å². The summed E-state index contributed by atoms with van der Waals surface area (Å²) in [6.45, 7) is 0. The first-order chi connectivity index (χ1) is 11.5. The highest BCUT2D eigenvalue weighted by Gasteiger charge is 2.15. The third-order valence-electron chi connectivity index (χ3n) is 3.49. The van der Waals surface area contributed by atoms with Gasteiger partial charge in [0.2, 0.25) is 0 Å². The van der Waals surface area contributed by atoms with Crippen molar-refractivity contribution in [1.29, 1.82) is 0 Å². The molecule has 1 heterocycles. The predicted molar refractivity (Wildman–Crippen MR) is 92.3 cm³/mol. The molecule has 5 nitrogen and oxygen atoms in total. The van der Waals surface area contributed by atoms with Gasteiger partial charge in [0.25, 0.3) is 5.91 Å². The molecule has 0 spiro atoms. The van der Waals surface area contributed by atoms with Gasteiger partial charge < -0.3 is 11.5 Å². The van der Waals surface area contributed by atoms with Crippen LogP contribution in [-0.4, -0.2) is 16.9 Å². The van der Waals surface area contributed by atoms with E-state index in [0.29, 0.717) is 21.5 Å². The summed E-state index contributed by atoms with van der Waals surface area (Å²) in [5.41, 5.74) is 11.5. The summed E-state index contributed by atoms with van der Waals surface area (Å²) < 4.78 is 14.2. The lowest BCUT2D eigenvalue weighted by Crippen LogP contribution is -2.24. The number of hydrogen-bond acceptors (Lipinski definition) is 2. The monoisotopic (exact) mass is 342 g/mol. The minimum Gasteiger partial charge on any atom is -0.370 e. The standard InChI is InChI=1S/C17H12ClFN4O/c18-13-4-3-9-1-2-10(16(24)23-17(20)21)7-12(9)15(13)11-5-6-22-8-14(11)19/h1-8H,(H4,20,21,23,24). The smallest absolute Gasteiger partial charge is 0.280 e. The Balaban J connectivity index is 2.29. The minimum absolute atomic E-state index is 0.272. The van der Waals surface area contributed by atoms with E-state index in [1.165, 1.54) is 12.3 Å². The fraction of sp³-hybridized carbons (Fsp3) is 0. The Morgan fingerprint density at radius 1 is 1.17 bits per heavy atom. The number of aromatic nitrogens is 1. The molecule has 0 aliphatic carbocycles. The van der Waals surface area contributed by atoms with Gasteiger partial charge in [0.1, 0.15) is 5.82 Å². The number of benzene rings is 2. The molecule has 3 rings (SSSR count). The maximum Gasteiger partial charge on any atom is 0.280 e. The Morgan fingerprint density at radius 3 is 2.62 bits per heavy atom. The highest BCUT2D eigenvalue weighted by molar-refractivity contribution is 6.35. The van der Waals surface area contributed by atoms with Gasteiger partial charge in [-0.05, 0) is 35.0 Å². The molecule has 0 fully saturated rings. The molecule has 2 aromatic carbocycles. The van der Waals surface area contributed by atoms with Gasteiger partial charge in [0, 0.05) is 27.9 Å². The van der Waals surface area contributed by atoms with Crippen molar-refractivity contribution in [1.82, 2.24) is 4.98 Å². The van der Waals surface area contributed by atoms with Gasteiger partial charge in [-0.25, -0.2) is 4.39 Å². The van der Waals surface area contributed by atoms with Crippen LogP contribution in [0.3, 0.4) is 0 Å². The number of hydrogen-bond donors (Lipinski definition) is 2. The molecule has 0 bridgehead atoms. The summed E-state index contributed by atoms with van der Waals surface area (Å²) in [6.07, 6.45) is 2.58. The fourth-order valence-electron chi connectivity index (χ4n) is 2.46. The molecule has 0 unspecified atom stereocenters. The van der Waals surface area contributed by atoms with Gasteiger partial charge in [-0.15, -0.1) is 0 Å². The van der Waals surface area contributed by atoms with E-state index >= 15 is 0 Å². The maximum atomic E-state index is 14.2. The summed E-state index contributed by atoms with van der Waals surface area (Å²) in [5.74, 6) is -1.42. The molecule has 7 heteroatoms. The lowest BCUT2D eigenvalue weighted by molar-refractivity contribution is 0.100. The van der Waals surface area contributed by atoms with Crippen molar-refractivity contribution in [3.63, 3.8) is 0 Å². The predicted octanol–water partition coefficient (Wildman–Crippen LogP) is 3.11. The van der Waals surface area contributed by atoms with Crippen LogP contribution < -0.4 is 11.5 Å². The zero-order chi connectivity index (χ0) is 17.3. The van der Waals surface area contributed by atoms with E-state index in [1.807, 2.05) is 0 Å². The van der Waals surface area contributed by atoms with Crippen LogP contribution in [0, 0.1) is 5.82 Å². The first-order valence-corrected chi connectivity index (χ1v) is 7.31. The van der Waals surface area contributed by atoms with Crippen molar-refractivity contribution >= 4 is 34.2 Å². The highest BCUT2D eigenvalue weighted by Crippen LogP contribution is 2.36. The van der Waals surface area contributed by atoms with Crippen LogP contribution in [0.15, 0.2) is 53.8 Å². The SMILES string of the molecule is NC(N)=NC(=O)c1ccc2ccc(Cl)c(-c3ccncc3F)c2c1. The number of amides is 1. The van der Waals surface area contributed by atoms with E-state index in [0.717, 1.165) is 11.6 Å². The molecule has 0 radical (unpaired) electrons. The zero-order valence-corrected chi connectivity index (χ0v) is 13.1. The van der Waals surface area contributed by atoms with Crippen LogP contribution in [-0.2, 0) is 0 Å². The molecule has 0 atom stereocenters. The van der Waals surface area contributed by atoms with Crippen molar-refractivity contribution in [2.45, 2.75) is 0 Å². The summed E-state index contributed by atoms with van der Waals surface area (Å²) in [5, 5.41) is 1.77. The molecular formula is C17H12ClFN4O. The van der Waals surface area contributed by atoms with Crippen molar-refractivity contribution in [3.05, 3.63) is 65.2 Å². The number of rotatable bonds is 2. The van der Waals surface area contributed by atoms with Crippen molar-refractivity contribution in [2.24, 2.45) is 16.5 Å². The Bertz CT molecular complexity index is 983. The number of carbonyl (C=O) groups is 1. The van der Waals surface area contributed by atoms with Gasteiger partial charge in [0.15, 0.2) is 5.96 Å². The van der Waals surface area contributed by atoms with Crippen LogP contribution in [0.2, 0.25) is 5.02 Å². The second kappa shape index (κ2) is 6.25. The zero-order valence-electron chi connectivity index (χ0n) is 12.3. The Morgan fingerprint density at radius 2 is 1.92 bits per heavy atom. The number of guanidine groups is 1. The lowest BCUT2D eigenvalue weighted by atomic mass is 9.97. The molecule has 3 aromatic rings. The minimum atomic E-state index is -0.585. The molecule has 0 saturated heterocycles. The largest absolute Gasteiger partial charge is 0.370 e. The lowest BCUT2D eigenvalue weighted by Gasteiger charge is -2.11. The first-order valence-electron chi connectivity index (χ1n) is 6.93. The van der Waals surface area contributed by atoms with Gasteiger partial charge in [-0.3, -0.25) is 9.78 Å². The van der Waals surface area contributed by atoms with Crippen molar-refractivity contribution in [3.8, 4) is 11.1 Å². The number of nitrogens with zero attached hydrogens (tertiary/aromatic N) is 2. The topological polar surface area (TPSA) is 94.4 Å². The first kappa shape index (κ1) is 15.9. The van der Waals surface area contributed by atoms with Gasteiger partial charge in [0.05, 0.1) is 6.20 Å². The van der Waals surface area contributed by atoms with E-state index in [4.69, 9.17) is 23.1 Å². The molecule has 0 aliphatic heterocycles. The number of halogens is 2. The fourth-order valence-corrected chi connectivity index (χ4v) is 2.73. The number of aliphatic imine (C=N–C) groups is 1. The van der Waals surface area contributed by atoms with Crippen molar-refractivity contribution < 1.29 is 9.18 Å². The quantitative estimate of drug-likeness (QED) is 0.552. The van der Waals surface area contributed by atoms with Crippen LogP contribution in [0.4, 0.5) is 4.39 Å². The number of carbonyl (C=O) groups excluding carboxylic acids is 1.